The molecular formula is C12H25NO3. The molecule has 0 aromatic heterocycles. The number of piperidine rings is 1. The van der Waals surface area contributed by atoms with E-state index in [9.17, 15) is 0 Å². The van der Waals surface area contributed by atoms with Gasteiger partial charge in [-0.1, -0.05) is 0 Å². The Bertz CT molecular complexity index is 154. The molecule has 1 heterocycles. The molecule has 0 spiro atoms. The predicted molar refractivity (Wildman–Crippen MR) is 63.5 cm³/mol. The minimum atomic E-state index is -0.197. The van der Waals surface area contributed by atoms with Gasteiger partial charge in [0.1, 0.15) is 0 Å². The van der Waals surface area contributed by atoms with E-state index in [2.05, 4.69) is 5.32 Å². The zero-order valence-corrected chi connectivity index (χ0v) is 10.5. The first-order valence-electron chi connectivity index (χ1n) is 6.38. The van der Waals surface area contributed by atoms with E-state index in [1.807, 2.05) is 13.8 Å². The van der Waals surface area contributed by atoms with Gasteiger partial charge in [0.2, 0.25) is 0 Å². The first-order valence-corrected chi connectivity index (χ1v) is 6.38. The Balaban J connectivity index is 2.06. The molecule has 0 aromatic rings. The summed E-state index contributed by atoms with van der Waals surface area (Å²) >= 11 is 0. The van der Waals surface area contributed by atoms with Crippen LogP contribution in [0.2, 0.25) is 0 Å². The van der Waals surface area contributed by atoms with Crippen molar-refractivity contribution in [3.05, 3.63) is 0 Å². The van der Waals surface area contributed by atoms with E-state index in [-0.39, 0.29) is 6.29 Å². The molecule has 1 N–H and O–H groups in total. The van der Waals surface area contributed by atoms with Crippen LogP contribution in [0.1, 0.15) is 26.7 Å². The summed E-state index contributed by atoms with van der Waals surface area (Å²) in [7, 11) is 0. The van der Waals surface area contributed by atoms with Crippen LogP contribution >= 0.6 is 0 Å². The van der Waals surface area contributed by atoms with Crippen LogP contribution in [-0.4, -0.2) is 45.8 Å². The fourth-order valence-electron chi connectivity index (χ4n) is 1.90. The van der Waals surface area contributed by atoms with Crippen molar-refractivity contribution in [2.45, 2.75) is 33.0 Å². The van der Waals surface area contributed by atoms with Gasteiger partial charge in [-0.2, -0.15) is 0 Å². The molecule has 1 saturated heterocycles. The minimum absolute atomic E-state index is 0.197. The van der Waals surface area contributed by atoms with Gasteiger partial charge >= 0.3 is 0 Å². The van der Waals surface area contributed by atoms with Crippen molar-refractivity contribution in [1.29, 1.82) is 0 Å². The van der Waals surface area contributed by atoms with Crippen molar-refractivity contribution in [1.82, 2.24) is 5.32 Å². The van der Waals surface area contributed by atoms with Crippen molar-refractivity contribution in [2.75, 3.05) is 39.5 Å². The lowest BCUT2D eigenvalue weighted by Crippen LogP contribution is -2.31. The zero-order valence-electron chi connectivity index (χ0n) is 10.5. The van der Waals surface area contributed by atoms with Crippen LogP contribution < -0.4 is 5.32 Å². The van der Waals surface area contributed by atoms with Crippen LogP contribution in [0, 0.1) is 5.92 Å². The molecule has 1 aliphatic rings. The summed E-state index contributed by atoms with van der Waals surface area (Å²) in [5.74, 6) is 0.699. The Kier molecular flexibility index (Phi) is 7.76. The van der Waals surface area contributed by atoms with E-state index in [0.29, 0.717) is 25.7 Å². The van der Waals surface area contributed by atoms with Gasteiger partial charge in [0, 0.05) is 19.8 Å². The number of nitrogens with one attached hydrogen (secondary N) is 1. The van der Waals surface area contributed by atoms with E-state index in [1.165, 1.54) is 12.8 Å². The summed E-state index contributed by atoms with van der Waals surface area (Å²) in [6, 6.07) is 0. The van der Waals surface area contributed by atoms with Gasteiger partial charge in [-0.05, 0) is 45.7 Å². The third-order valence-electron chi connectivity index (χ3n) is 2.77. The minimum Gasteiger partial charge on any atom is -0.376 e. The normalized spacial score (nSPS) is 18.2. The Labute approximate surface area is 98.6 Å². The second-order valence-corrected chi connectivity index (χ2v) is 4.07. The third-order valence-corrected chi connectivity index (χ3v) is 2.77. The molecule has 0 unspecified atom stereocenters. The number of hydrogen-bond donors (Lipinski definition) is 1. The highest BCUT2D eigenvalue weighted by Gasteiger charge is 2.14. The lowest BCUT2D eigenvalue weighted by Gasteiger charge is -2.23. The molecule has 1 aliphatic heterocycles. The topological polar surface area (TPSA) is 39.7 Å². The molecule has 0 saturated carbocycles. The van der Waals surface area contributed by atoms with Gasteiger partial charge in [0.25, 0.3) is 0 Å². The first kappa shape index (κ1) is 13.9. The molecule has 0 atom stereocenters. The number of hydrogen-bond acceptors (Lipinski definition) is 4. The molecular weight excluding hydrogens is 206 g/mol. The van der Waals surface area contributed by atoms with E-state index in [4.69, 9.17) is 14.2 Å². The zero-order chi connectivity index (χ0) is 11.6. The summed E-state index contributed by atoms with van der Waals surface area (Å²) in [6.07, 6.45) is 2.23. The third kappa shape index (κ3) is 5.80. The van der Waals surface area contributed by atoms with Crippen molar-refractivity contribution in [3.63, 3.8) is 0 Å². The maximum atomic E-state index is 5.66. The quantitative estimate of drug-likeness (QED) is 0.641. The molecule has 1 fully saturated rings. The monoisotopic (exact) mass is 231 g/mol. The van der Waals surface area contributed by atoms with Gasteiger partial charge < -0.3 is 19.5 Å². The summed E-state index contributed by atoms with van der Waals surface area (Å²) in [5, 5.41) is 3.35. The maximum Gasteiger partial charge on any atom is 0.180 e. The highest BCUT2D eigenvalue weighted by atomic mass is 16.7. The number of rotatable bonds is 8. The molecule has 0 aromatic carbocycles. The largest absolute Gasteiger partial charge is 0.376 e. The lowest BCUT2D eigenvalue weighted by atomic mass is 9.99. The average Bonchev–Trinajstić information content (AvgIpc) is 2.31. The molecule has 0 radical (unpaired) electrons. The van der Waals surface area contributed by atoms with E-state index in [0.717, 1.165) is 19.7 Å². The van der Waals surface area contributed by atoms with Crippen LogP contribution in [-0.2, 0) is 14.2 Å². The van der Waals surface area contributed by atoms with Crippen LogP contribution in [0.15, 0.2) is 0 Å². The van der Waals surface area contributed by atoms with Gasteiger partial charge in [-0.15, -0.1) is 0 Å². The standard InChI is InChI=1S/C12H25NO3/c1-3-15-12(16-4-2)10-14-9-11-5-7-13-8-6-11/h11-13H,3-10H2,1-2H3. The van der Waals surface area contributed by atoms with Crippen LogP contribution in [0.5, 0.6) is 0 Å². The van der Waals surface area contributed by atoms with Crippen molar-refractivity contribution >= 4 is 0 Å². The fraction of sp³-hybridized carbons (Fsp3) is 1.00. The van der Waals surface area contributed by atoms with Crippen molar-refractivity contribution < 1.29 is 14.2 Å². The Morgan fingerprint density at radius 3 is 2.31 bits per heavy atom. The van der Waals surface area contributed by atoms with Crippen molar-refractivity contribution in [3.8, 4) is 0 Å². The first-order chi connectivity index (χ1) is 7.86. The second kappa shape index (κ2) is 8.93. The molecule has 0 amide bonds. The maximum absolute atomic E-state index is 5.66. The molecule has 4 heteroatoms. The smallest absolute Gasteiger partial charge is 0.180 e. The summed E-state index contributed by atoms with van der Waals surface area (Å²) in [4.78, 5) is 0. The SMILES string of the molecule is CCOC(COCC1CCNCC1)OCC. The Morgan fingerprint density at radius 1 is 1.12 bits per heavy atom. The summed E-state index contributed by atoms with van der Waals surface area (Å²) in [5.41, 5.74) is 0. The van der Waals surface area contributed by atoms with Crippen LogP contribution in [0.3, 0.4) is 0 Å². The molecule has 1 rings (SSSR count). The Morgan fingerprint density at radius 2 is 1.75 bits per heavy atom. The molecule has 16 heavy (non-hydrogen) atoms. The van der Waals surface area contributed by atoms with Gasteiger partial charge in [0.05, 0.1) is 6.61 Å². The predicted octanol–water partition coefficient (Wildman–Crippen LogP) is 1.40. The van der Waals surface area contributed by atoms with Crippen LogP contribution in [0.4, 0.5) is 0 Å². The van der Waals surface area contributed by atoms with E-state index >= 15 is 0 Å². The van der Waals surface area contributed by atoms with Crippen LogP contribution in [0.25, 0.3) is 0 Å². The van der Waals surface area contributed by atoms with E-state index < -0.39 is 0 Å². The van der Waals surface area contributed by atoms with Gasteiger partial charge in [0.15, 0.2) is 6.29 Å². The molecule has 96 valence electrons. The Hall–Kier alpha value is -0.160. The molecule has 0 aliphatic carbocycles. The molecule has 4 nitrogen and oxygen atoms in total. The molecule has 0 bridgehead atoms. The second-order valence-electron chi connectivity index (χ2n) is 4.07. The lowest BCUT2D eigenvalue weighted by molar-refractivity contribution is -0.169. The average molecular weight is 231 g/mol. The van der Waals surface area contributed by atoms with Gasteiger partial charge in [-0.3, -0.25) is 0 Å². The summed E-state index contributed by atoms with van der Waals surface area (Å²) < 4.78 is 16.5. The van der Waals surface area contributed by atoms with Crippen molar-refractivity contribution in [2.24, 2.45) is 5.92 Å². The highest BCUT2D eigenvalue weighted by Crippen LogP contribution is 2.12. The fourth-order valence-corrected chi connectivity index (χ4v) is 1.90. The van der Waals surface area contributed by atoms with E-state index in [1.54, 1.807) is 0 Å². The number of ether oxygens (including phenoxy) is 3. The highest BCUT2D eigenvalue weighted by molar-refractivity contribution is 4.67. The summed E-state index contributed by atoms with van der Waals surface area (Å²) in [6.45, 7) is 8.90. The van der Waals surface area contributed by atoms with Gasteiger partial charge in [-0.25, -0.2) is 0 Å².